The highest BCUT2D eigenvalue weighted by molar-refractivity contribution is 6.29. The molecule has 0 unspecified atom stereocenters. The van der Waals surface area contributed by atoms with E-state index in [-0.39, 0.29) is 0 Å². The number of methoxy groups -OCH3 is 1. The second kappa shape index (κ2) is 2.98. The van der Waals surface area contributed by atoms with Crippen LogP contribution in [0.2, 0.25) is 0 Å². The molecule has 0 aliphatic rings. The van der Waals surface area contributed by atoms with Gasteiger partial charge in [0.1, 0.15) is 0 Å². The minimum Gasteiger partial charge on any atom is -0.461 e. The number of esters is 1. The molecule has 0 aromatic carbocycles. The molecule has 5 nitrogen and oxygen atoms in total. The molecule has 0 aromatic heterocycles. The van der Waals surface area contributed by atoms with Crippen LogP contribution >= 0.6 is 0 Å². The summed E-state index contributed by atoms with van der Waals surface area (Å²) >= 11 is 0. The van der Waals surface area contributed by atoms with Gasteiger partial charge in [0.15, 0.2) is 0 Å². The first-order valence-corrected chi connectivity index (χ1v) is 1.71. The molecule has 0 amide bonds. The third-order valence-electron chi connectivity index (χ3n) is 0.459. The summed E-state index contributed by atoms with van der Waals surface area (Å²) in [6, 6.07) is 0. The molecular weight excluding hydrogens is 114 g/mol. The highest BCUT2D eigenvalue weighted by atomic mass is 16.7. The van der Waals surface area contributed by atoms with Gasteiger partial charge in [0.2, 0.25) is 0 Å². The molecular formula is C3H5NO4. The Morgan fingerprint density at radius 1 is 1.38 bits per heavy atom. The molecule has 0 bridgehead atoms. The average molecular weight is 119 g/mol. The molecule has 0 aliphatic heterocycles. The van der Waals surface area contributed by atoms with Crippen molar-refractivity contribution < 1.29 is 19.2 Å². The van der Waals surface area contributed by atoms with Crippen molar-refractivity contribution in [3.63, 3.8) is 0 Å². The minimum atomic E-state index is -1.20. The first-order valence-electron chi connectivity index (χ1n) is 1.71. The van der Waals surface area contributed by atoms with Gasteiger partial charge in [0.05, 0.1) is 7.11 Å². The first-order chi connectivity index (χ1) is 3.72. The van der Waals surface area contributed by atoms with Crippen LogP contribution in [0.25, 0.3) is 0 Å². The Labute approximate surface area is 45.3 Å². The van der Waals surface area contributed by atoms with E-state index >= 15 is 0 Å². The maximum atomic E-state index is 9.97. The van der Waals surface area contributed by atoms with Crippen LogP contribution in [0.15, 0.2) is 0 Å². The minimum absolute atomic E-state index is 1.05. The van der Waals surface area contributed by atoms with Gasteiger partial charge >= 0.3 is 11.9 Å². The van der Waals surface area contributed by atoms with Crippen molar-refractivity contribution in [2.24, 2.45) is 5.90 Å². The Kier molecular flexibility index (Phi) is 2.57. The van der Waals surface area contributed by atoms with Crippen molar-refractivity contribution >= 4 is 11.9 Å². The van der Waals surface area contributed by atoms with Gasteiger partial charge in [-0.25, -0.2) is 9.59 Å². The highest BCUT2D eigenvalue weighted by Gasteiger charge is 2.12. The summed E-state index contributed by atoms with van der Waals surface area (Å²) in [5.74, 6) is 1.99. The summed E-state index contributed by atoms with van der Waals surface area (Å²) in [6.07, 6.45) is 0. The summed E-state index contributed by atoms with van der Waals surface area (Å²) in [4.78, 5) is 23.4. The van der Waals surface area contributed by atoms with Crippen LogP contribution in [-0.2, 0) is 19.2 Å². The fraction of sp³-hybridized carbons (Fsp3) is 0.333. The summed E-state index contributed by atoms with van der Waals surface area (Å²) in [7, 11) is 1.05. The second-order valence-corrected chi connectivity index (χ2v) is 0.897. The molecule has 5 heteroatoms. The lowest BCUT2D eigenvalue weighted by Crippen LogP contribution is -2.21. The SMILES string of the molecule is COC(=O)C(=O)ON. The molecule has 0 rings (SSSR count). The van der Waals surface area contributed by atoms with Gasteiger partial charge in [-0.15, -0.1) is 0 Å². The number of hydrogen-bond acceptors (Lipinski definition) is 5. The molecule has 0 radical (unpaired) electrons. The quantitative estimate of drug-likeness (QED) is 0.240. The Morgan fingerprint density at radius 2 is 1.88 bits per heavy atom. The standard InChI is InChI=1S/C3H5NO4/c1-7-2(5)3(6)8-4/h4H2,1H3. The van der Waals surface area contributed by atoms with Gasteiger partial charge in [-0.05, 0) is 0 Å². The lowest BCUT2D eigenvalue weighted by Gasteiger charge is -1.91. The van der Waals surface area contributed by atoms with Crippen molar-refractivity contribution in [2.45, 2.75) is 0 Å². The van der Waals surface area contributed by atoms with Crippen molar-refractivity contribution in [3.05, 3.63) is 0 Å². The van der Waals surface area contributed by atoms with E-state index in [0.717, 1.165) is 7.11 Å². The third kappa shape index (κ3) is 1.57. The molecule has 0 aliphatic carbocycles. The Balaban J connectivity index is 3.64. The van der Waals surface area contributed by atoms with Gasteiger partial charge < -0.3 is 9.57 Å². The van der Waals surface area contributed by atoms with Crippen LogP contribution in [0.1, 0.15) is 0 Å². The summed E-state index contributed by atoms with van der Waals surface area (Å²) in [5, 5.41) is 0. The van der Waals surface area contributed by atoms with Gasteiger partial charge in [-0.3, -0.25) is 0 Å². The number of rotatable bonds is 0. The van der Waals surface area contributed by atoms with E-state index in [1.165, 1.54) is 0 Å². The molecule has 8 heavy (non-hydrogen) atoms. The van der Waals surface area contributed by atoms with Crippen LogP contribution in [0.3, 0.4) is 0 Å². The zero-order valence-electron chi connectivity index (χ0n) is 4.21. The number of carbonyl (C=O) groups excluding carboxylic acids is 2. The van der Waals surface area contributed by atoms with E-state index in [1.54, 1.807) is 0 Å². The highest BCUT2D eigenvalue weighted by Crippen LogP contribution is 1.73. The Bertz CT molecular complexity index is 95.9. The Morgan fingerprint density at radius 3 is 2.00 bits per heavy atom. The van der Waals surface area contributed by atoms with E-state index in [2.05, 4.69) is 15.5 Å². The van der Waals surface area contributed by atoms with Crippen molar-refractivity contribution in [1.82, 2.24) is 0 Å². The maximum absolute atomic E-state index is 9.97. The van der Waals surface area contributed by atoms with Crippen LogP contribution in [0.4, 0.5) is 0 Å². The maximum Gasteiger partial charge on any atom is 0.435 e. The van der Waals surface area contributed by atoms with Crippen LogP contribution in [0, 0.1) is 0 Å². The summed E-state index contributed by atoms with van der Waals surface area (Å²) in [5.41, 5.74) is 0. The van der Waals surface area contributed by atoms with Crippen molar-refractivity contribution in [1.29, 1.82) is 0 Å². The average Bonchev–Trinajstić information content (AvgIpc) is 1.84. The van der Waals surface area contributed by atoms with Crippen LogP contribution < -0.4 is 5.90 Å². The van der Waals surface area contributed by atoms with Crippen molar-refractivity contribution in [2.75, 3.05) is 7.11 Å². The largest absolute Gasteiger partial charge is 0.461 e. The molecule has 0 aromatic rings. The molecule has 0 heterocycles. The van der Waals surface area contributed by atoms with Gasteiger partial charge in [-0.1, -0.05) is 0 Å². The molecule has 0 spiro atoms. The molecule has 46 valence electrons. The van der Waals surface area contributed by atoms with Crippen molar-refractivity contribution in [3.8, 4) is 0 Å². The van der Waals surface area contributed by atoms with Gasteiger partial charge in [0, 0.05) is 0 Å². The second-order valence-electron chi connectivity index (χ2n) is 0.897. The number of carbonyl (C=O) groups is 2. The van der Waals surface area contributed by atoms with E-state index < -0.39 is 11.9 Å². The third-order valence-corrected chi connectivity index (χ3v) is 0.459. The summed E-state index contributed by atoms with van der Waals surface area (Å²) in [6.45, 7) is 0. The molecule has 0 fully saturated rings. The molecule has 0 atom stereocenters. The molecule has 0 saturated carbocycles. The normalized spacial score (nSPS) is 7.75. The van der Waals surface area contributed by atoms with Gasteiger partial charge in [-0.2, -0.15) is 5.90 Å². The van der Waals surface area contributed by atoms with E-state index in [0.29, 0.717) is 0 Å². The number of ether oxygens (including phenoxy) is 1. The van der Waals surface area contributed by atoms with Crippen LogP contribution in [-0.4, -0.2) is 19.0 Å². The number of hydrogen-bond donors (Lipinski definition) is 1. The topological polar surface area (TPSA) is 78.6 Å². The van der Waals surface area contributed by atoms with E-state index in [4.69, 9.17) is 0 Å². The lowest BCUT2D eigenvalue weighted by atomic mass is 10.7. The smallest absolute Gasteiger partial charge is 0.435 e. The number of nitrogens with two attached hydrogens (primary N) is 1. The Hall–Kier alpha value is -1.10. The zero-order chi connectivity index (χ0) is 6.57. The predicted octanol–water partition coefficient (Wildman–Crippen LogP) is -1.42. The van der Waals surface area contributed by atoms with E-state index in [9.17, 15) is 9.59 Å². The fourth-order valence-corrected chi connectivity index (χ4v) is 0.131. The van der Waals surface area contributed by atoms with Crippen LogP contribution in [0.5, 0.6) is 0 Å². The first kappa shape index (κ1) is 6.90. The molecule has 0 saturated heterocycles. The lowest BCUT2D eigenvalue weighted by molar-refractivity contribution is -0.166. The zero-order valence-corrected chi connectivity index (χ0v) is 4.21. The molecule has 2 N–H and O–H groups in total. The van der Waals surface area contributed by atoms with Gasteiger partial charge in [0.25, 0.3) is 0 Å². The monoisotopic (exact) mass is 119 g/mol. The predicted molar refractivity (Wildman–Crippen MR) is 22.3 cm³/mol. The summed E-state index contributed by atoms with van der Waals surface area (Å²) < 4.78 is 3.91. The van der Waals surface area contributed by atoms with E-state index in [1.807, 2.05) is 0 Å². The fourth-order valence-electron chi connectivity index (χ4n) is 0.131.